The Morgan fingerprint density at radius 2 is 2.04 bits per heavy atom. The van der Waals surface area contributed by atoms with Crippen LogP contribution in [0.4, 0.5) is 10.8 Å². The maximum absolute atomic E-state index is 12.9. The van der Waals surface area contributed by atoms with Crippen molar-refractivity contribution in [2.24, 2.45) is 4.99 Å². The molecule has 1 aromatic rings. The molecule has 24 heavy (non-hydrogen) atoms. The van der Waals surface area contributed by atoms with Crippen molar-refractivity contribution in [3.63, 3.8) is 0 Å². The SMILES string of the molecule is Cc1c[n+]2c(o1)N=C1C2C(=O)N(CCN2CCOCC2)C(=O)N1C. The number of nitrogens with zero attached hydrogens (tertiary/aromatic N) is 5. The number of aryl methyl sites for hydroxylation is 1. The van der Waals surface area contributed by atoms with Gasteiger partial charge in [-0.2, -0.15) is 4.57 Å². The Labute approximate surface area is 139 Å². The van der Waals surface area contributed by atoms with E-state index in [1.807, 2.05) is 0 Å². The lowest BCUT2D eigenvalue weighted by Gasteiger charge is -2.34. The molecule has 4 rings (SSSR count). The van der Waals surface area contributed by atoms with Crippen LogP contribution < -0.4 is 4.57 Å². The number of fused-ring (bicyclic) bond motifs is 3. The summed E-state index contributed by atoms with van der Waals surface area (Å²) in [5.74, 6) is 0.848. The van der Waals surface area contributed by atoms with Crippen LogP contribution in [-0.2, 0) is 9.53 Å². The fourth-order valence-electron chi connectivity index (χ4n) is 3.30. The highest BCUT2D eigenvalue weighted by Crippen LogP contribution is 2.28. The predicted molar refractivity (Wildman–Crippen MR) is 81.9 cm³/mol. The second kappa shape index (κ2) is 5.67. The van der Waals surface area contributed by atoms with Crippen molar-refractivity contribution >= 4 is 23.8 Å². The van der Waals surface area contributed by atoms with E-state index < -0.39 is 6.04 Å². The van der Waals surface area contributed by atoms with Crippen LogP contribution in [0.3, 0.4) is 0 Å². The lowest BCUT2D eigenvalue weighted by Crippen LogP contribution is -2.63. The molecule has 4 heterocycles. The van der Waals surface area contributed by atoms with Crippen LogP contribution in [0, 0.1) is 6.92 Å². The second-order valence-electron chi connectivity index (χ2n) is 6.19. The lowest BCUT2D eigenvalue weighted by molar-refractivity contribution is -0.679. The molecule has 0 saturated carbocycles. The first kappa shape index (κ1) is 15.3. The van der Waals surface area contributed by atoms with Gasteiger partial charge in [-0.3, -0.25) is 19.5 Å². The minimum atomic E-state index is -0.621. The van der Waals surface area contributed by atoms with Crippen LogP contribution in [0.1, 0.15) is 11.8 Å². The minimum absolute atomic E-state index is 0.255. The predicted octanol–water partition coefficient (Wildman–Crippen LogP) is -0.314. The number of aromatic nitrogens is 1. The monoisotopic (exact) mass is 334 g/mol. The maximum atomic E-state index is 12.9. The third-order valence-corrected chi connectivity index (χ3v) is 4.63. The van der Waals surface area contributed by atoms with Gasteiger partial charge in [-0.15, -0.1) is 0 Å². The van der Waals surface area contributed by atoms with Gasteiger partial charge in [0.2, 0.25) is 0 Å². The highest BCUT2D eigenvalue weighted by Gasteiger charge is 2.54. The third kappa shape index (κ3) is 2.31. The molecule has 9 heteroatoms. The van der Waals surface area contributed by atoms with Crippen LogP contribution in [-0.4, -0.2) is 78.9 Å². The zero-order valence-electron chi connectivity index (χ0n) is 13.8. The Morgan fingerprint density at radius 1 is 1.29 bits per heavy atom. The number of morpholine rings is 1. The first-order valence-electron chi connectivity index (χ1n) is 8.05. The summed E-state index contributed by atoms with van der Waals surface area (Å²) >= 11 is 0. The van der Waals surface area contributed by atoms with Crippen molar-refractivity contribution in [3.05, 3.63) is 12.0 Å². The van der Waals surface area contributed by atoms with Gasteiger partial charge in [-0.05, 0) is 6.92 Å². The minimum Gasteiger partial charge on any atom is -0.390 e. The normalized spacial score (nSPS) is 24.2. The van der Waals surface area contributed by atoms with Crippen molar-refractivity contribution in [3.8, 4) is 0 Å². The van der Waals surface area contributed by atoms with Crippen molar-refractivity contribution in [2.45, 2.75) is 13.0 Å². The number of oxazole rings is 1. The Hall–Kier alpha value is -2.26. The first-order chi connectivity index (χ1) is 11.6. The summed E-state index contributed by atoms with van der Waals surface area (Å²) in [6.45, 7) is 5.83. The number of aliphatic imine (C=N–C) groups is 1. The molecule has 2 saturated heterocycles. The third-order valence-electron chi connectivity index (χ3n) is 4.63. The van der Waals surface area contributed by atoms with E-state index in [1.165, 1.54) is 9.80 Å². The van der Waals surface area contributed by atoms with Gasteiger partial charge in [-0.25, -0.2) is 4.79 Å². The Bertz CT molecular complexity index is 721. The van der Waals surface area contributed by atoms with E-state index in [0.29, 0.717) is 43.9 Å². The topological polar surface area (TPSA) is 82.5 Å². The summed E-state index contributed by atoms with van der Waals surface area (Å²) in [6, 6.07) is -0.605. The van der Waals surface area contributed by atoms with Crippen molar-refractivity contribution in [1.82, 2.24) is 14.7 Å². The van der Waals surface area contributed by atoms with Crippen molar-refractivity contribution in [1.29, 1.82) is 0 Å². The van der Waals surface area contributed by atoms with E-state index in [4.69, 9.17) is 9.15 Å². The number of carbonyl (C=O) groups is 2. The van der Waals surface area contributed by atoms with Gasteiger partial charge in [-0.1, -0.05) is 0 Å². The van der Waals surface area contributed by atoms with Gasteiger partial charge >= 0.3 is 12.0 Å². The van der Waals surface area contributed by atoms with Crippen LogP contribution in [0.25, 0.3) is 0 Å². The first-order valence-corrected chi connectivity index (χ1v) is 8.05. The highest BCUT2D eigenvalue weighted by molar-refractivity contribution is 6.18. The van der Waals surface area contributed by atoms with E-state index in [2.05, 4.69) is 9.89 Å². The van der Waals surface area contributed by atoms with Crippen molar-refractivity contribution < 1.29 is 23.3 Å². The molecule has 0 radical (unpaired) electrons. The van der Waals surface area contributed by atoms with Crippen molar-refractivity contribution in [2.75, 3.05) is 46.4 Å². The highest BCUT2D eigenvalue weighted by atomic mass is 16.5. The number of carbonyl (C=O) groups excluding carboxylic acids is 2. The average Bonchev–Trinajstić information content (AvgIpc) is 3.09. The molecule has 0 bridgehead atoms. The molecule has 3 aliphatic heterocycles. The van der Waals surface area contributed by atoms with Crippen LogP contribution in [0.2, 0.25) is 0 Å². The summed E-state index contributed by atoms with van der Waals surface area (Å²) in [5, 5.41) is 0. The fourth-order valence-corrected chi connectivity index (χ4v) is 3.30. The number of urea groups is 1. The van der Waals surface area contributed by atoms with E-state index in [1.54, 1.807) is 24.7 Å². The number of imide groups is 1. The maximum Gasteiger partial charge on any atom is 0.506 e. The summed E-state index contributed by atoms with van der Waals surface area (Å²) in [5.41, 5.74) is 0. The zero-order chi connectivity index (χ0) is 16.8. The quantitative estimate of drug-likeness (QED) is 0.708. The summed E-state index contributed by atoms with van der Waals surface area (Å²) in [7, 11) is 1.64. The van der Waals surface area contributed by atoms with Gasteiger partial charge in [0.05, 0.1) is 13.2 Å². The Kier molecular flexibility index (Phi) is 3.61. The summed E-state index contributed by atoms with van der Waals surface area (Å²) in [6.07, 6.45) is 1.75. The number of likely N-dealkylation sites (N-methyl/N-ethyl adjacent to an activating group) is 1. The molecule has 0 spiro atoms. The molecular formula is C15H20N5O4+. The number of rotatable bonds is 3. The number of hydrogen-bond donors (Lipinski definition) is 0. The largest absolute Gasteiger partial charge is 0.506 e. The lowest BCUT2D eigenvalue weighted by atomic mass is 10.1. The van der Waals surface area contributed by atoms with Gasteiger partial charge in [0.15, 0.2) is 0 Å². The van der Waals surface area contributed by atoms with E-state index in [9.17, 15) is 9.59 Å². The number of ether oxygens (including phenoxy) is 1. The molecule has 0 aromatic carbocycles. The van der Waals surface area contributed by atoms with E-state index in [0.717, 1.165) is 13.1 Å². The Morgan fingerprint density at radius 3 is 2.79 bits per heavy atom. The molecule has 128 valence electrons. The zero-order valence-corrected chi connectivity index (χ0v) is 13.8. The molecular weight excluding hydrogens is 314 g/mol. The summed E-state index contributed by atoms with van der Waals surface area (Å²) in [4.78, 5) is 34.7. The van der Waals surface area contributed by atoms with E-state index in [-0.39, 0.29) is 11.9 Å². The second-order valence-corrected chi connectivity index (χ2v) is 6.19. The number of hydrogen-bond acceptors (Lipinski definition) is 6. The molecule has 3 aliphatic rings. The average molecular weight is 334 g/mol. The number of amidine groups is 1. The summed E-state index contributed by atoms with van der Waals surface area (Å²) < 4.78 is 12.5. The molecule has 9 nitrogen and oxygen atoms in total. The molecule has 0 aliphatic carbocycles. The molecule has 1 aromatic heterocycles. The Balaban J connectivity index is 1.55. The fraction of sp³-hybridized carbons (Fsp3) is 0.600. The molecule has 3 amide bonds. The van der Waals surface area contributed by atoms with Gasteiger partial charge in [0.1, 0.15) is 12.0 Å². The molecule has 0 N–H and O–H groups in total. The number of amides is 3. The molecule has 2 fully saturated rings. The van der Waals surface area contributed by atoms with E-state index >= 15 is 0 Å². The molecule has 1 atom stereocenters. The standard InChI is InChI=1S/C15H20N5O4/c1-10-9-20-11-12(16-14(20)24-10)17(2)15(22)19(13(11)21)4-3-18-5-7-23-8-6-18/h9,11H,3-8H2,1-2H3/q+1. The van der Waals surface area contributed by atoms with Crippen LogP contribution in [0.5, 0.6) is 0 Å². The van der Waals surface area contributed by atoms with Gasteiger partial charge < -0.3 is 9.15 Å². The van der Waals surface area contributed by atoms with Gasteiger partial charge in [0, 0.05) is 38.2 Å². The smallest absolute Gasteiger partial charge is 0.390 e. The van der Waals surface area contributed by atoms with Gasteiger partial charge in [0.25, 0.3) is 17.8 Å². The molecule has 1 unspecified atom stereocenters. The van der Waals surface area contributed by atoms with Crippen LogP contribution in [0.15, 0.2) is 15.6 Å². The van der Waals surface area contributed by atoms with Crippen LogP contribution >= 0.6 is 0 Å².